The average molecular weight is 420 g/mol. The van der Waals surface area contributed by atoms with E-state index in [9.17, 15) is 4.79 Å². The first-order chi connectivity index (χ1) is 14.7. The summed E-state index contributed by atoms with van der Waals surface area (Å²) in [7, 11) is 1.65. The van der Waals surface area contributed by atoms with Gasteiger partial charge in [-0.05, 0) is 35.2 Å². The summed E-state index contributed by atoms with van der Waals surface area (Å²) in [6, 6.07) is 17.7. The summed E-state index contributed by atoms with van der Waals surface area (Å²) in [5.41, 5.74) is 3.84. The van der Waals surface area contributed by atoms with Gasteiger partial charge in [-0.1, -0.05) is 35.5 Å². The number of nitrogens with zero attached hydrogens (tertiary/aromatic N) is 2. The standard InChI is InChI=1S/C23H21N3O3S/c1-28-20-8-7-19(14-18(20)13-16-5-3-2-4-6-16)24-21(27)9-10-22-25-23(26-29-22)17-11-12-30-15-17/h2-8,11-12,14-15H,9-10,13H2,1H3,(H,24,27). The minimum Gasteiger partial charge on any atom is -0.496 e. The zero-order valence-electron chi connectivity index (χ0n) is 16.5. The predicted octanol–water partition coefficient (Wildman–Crippen LogP) is 4.97. The number of rotatable bonds is 8. The first-order valence-corrected chi connectivity index (χ1v) is 10.5. The van der Waals surface area contributed by atoms with Crippen molar-refractivity contribution in [1.82, 2.24) is 10.1 Å². The van der Waals surface area contributed by atoms with Crippen LogP contribution in [0.5, 0.6) is 5.75 Å². The van der Waals surface area contributed by atoms with Crippen LogP contribution >= 0.6 is 11.3 Å². The Morgan fingerprint density at radius 3 is 2.80 bits per heavy atom. The van der Waals surface area contributed by atoms with Crippen LogP contribution in [0.2, 0.25) is 0 Å². The number of anilines is 1. The zero-order valence-corrected chi connectivity index (χ0v) is 17.3. The molecule has 2 heterocycles. The maximum Gasteiger partial charge on any atom is 0.227 e. The predicted molar refractivity (Wildman–Crippen MR) is 117 cm³/mol. The molecule has 4 rings (SSSR count). The number of amides is 1. The number of hydrogen-bond acceptors (Lipinski definition) is 6. The highest BCUT2D eigenvalue weighted by Crippen LogP contribution is 2.25. The number of hydrogen-bond donors (Lipinski definition) is 1. The van der Waals surface area contributed by atoms with E-state index >= 15 is 0 Å². The second kappa shape index (κ2) is 9.37. The van der Waals surface area contributed by atoms with Gasteiger partial charge in [-0.2, -0.15) is 16.3 Å². The van der Waals surface area contributed by atoms with Crippen molar-refractivity contribution in [3.05, 3.63) is 82.4 Å². The number of ether oxygens (including phenoxy) is 1. The minimum atomic E-state index is -0.110. The third-order valence-electron chi connectivity index (χ3n) is 4.61. The molecule has 2 aromatic carbocycles. The van der Waals surface area contributed by atoms with Crippen LogP contribution in [0.4, 0.5) is 5.69 Å². The molecule has 0 unspecified atom stereocenters. The van der Waals surface area contributed by atoms with Crippen LogP contribution in [0.15, 0.2) is 69.9 Å². The number of benzene rings is 2. The van der Waals surface area contributed by atoms with E-state index < -0.39 is 0 Å². The van der Waals surface area contributed by atoms with Crippen LogP contribution in [0.1, 0.15) is 23.4 Å². The highest BCUT2D eigenvalue weighted by Gasteiger charge is 2.12. The van der Waals surface area contributed by atoms with Gasteiger partial charge in [0.2, 0.25) is 17.6 Å². The molecule has 152 valence electrons. The van der Waals surface area contributed by atoms with E-state index in [1.54, 1.807) is 18.4 Å². The molecule has 6 nitrogen and oxygen atoms in total. The molecule has 0 saturated heterocycles. The van der Waals surface area contributed by atoms with Crippen LogP contribution in [-0.4, -0.2) is 23.2 Å². The highest BCUT2D eigenvalue weighted by atomic mass is 32.1. The molecule has 0 radical (unpaired) electrons. The minimum absolute atomic E-state index is 0.110. The monoisotopic (exact) mass is 419 g/mol. The Hall–Kier alpha value is -3.45. The van der Waals surface area contributed by atoms with Gasteiger partial charge >= 0.3 is 0 Å². The van der Waals surface area contributed by atoms with Gasteiger partial charge in [0.1, 0.15) is 5.75 Å². The number of thiophene rings is 1. The topological polar surface area (TPSA) is 77.2 Å². The van der Waals surface area contributed by atoms with E-state index in [1.165, 1.54) is 5.56 Å². The molecule has 0 fully saturated rings. The maximum atomic E-state index is 12.4. The summed E-state index contributed by atoms with van der Waals surface area (Å²) in [5.74, 6) is 1.68. The van der Waals surface area contributed by atoms with Crippen molar-refractivity contribution in [1.29, 1.82) is 0 Å². The molecule has 0 atom stereocenters. The van der Waals surface area contributed by atoms with Gasteiger partial charge in [0, 0.05) is 41.5 Å². The molecule has 0 aliphatic rings. The van der Waals surface area contributed by atoms with E-state index in [0.717, 1.165) is 29.0 Å². The number of carbonyl (C=O) groups excluding carboxylic acids is 1. The fourth-order valence-electron chi connectivity index (χ4n) is 3.12. The summed E-state index contributed by atoms with van der Waals surface area (Å²) in [4.78, 5) is 16.8. The molecule has 2 aromatic heterocycles. The van der Waals surface area contributed by atoms with Crippen LogP contribution in [0, 0.1) is 0 Å². The SMILES string of the molecule is COc1ccc(NC(=O)CCc2nc(-c3ccsc3)no2)cc1Cc1ccccc1. The normalized spacial score (nSPS) is 10.7. The van der Waals surface area contributed by atoms with Crippen LogP contribution in [-0.2, 0) is 17.6 Å². The first kappa shape index (κ1) is 19.8. The Bertz CT molecular complexity index is 1110. The van der Waals surface area contributed by atoms with Gasteiger partial charge in [0.05, 0.1) is 7.11 Å². The molecule has 0 aliphatic heterocycles. The van der Waals surface area contributed by atoms with E-state index in [2.05, 4.69) is 27.6 Å². The summed E-state index contributed by atoms with van der Waals surface area (Å²) >= 11 is 1.57. The number of aromatic nitrogens is 2. The van der Waals surface area contributed by atoms with Crippen molar-refractivity contribution in [2.45, 2.75) is 19.3 Å². The fraction of sp³-hybridized carbons (Fsp3) is 0.174. The van der Waals surface area contributed by atoms with E-state index in [1.807, 2.05) is 53.2 Å². The third-order valence-corrected chi connectivity index (χ3v) is 5.30. The molecular weight excluding hydrogens is 398 g/mol. The largest absolute Gasteiger partial charge is 0.496 e. The summed E-state index contributed by atoms with van der Waals surface area (Å²) in [6.07, 6.45) is 1.36. The Morgan fingerprint density at radius 1 is 1.17 bits per heavy atom. The Balaban J connectivity index is 1.37. The lowest BCUT2D eigenvalue weighted by molar-refractivity contribution is -0.116. The van der Waals surface area contributed by atoms with Gasteiger partial charge in [0.25, 0.3) is 0 Å². The van der Waals surface area contributed by atoms with E-state index in [0.29, 0.717) is 18.1 Å². The number of aryl methyl sites for hydroxylation is 1. The maximum absolute atomic E-state index is 12.4. The van der Waals surface area contributed by atoms with Crippen molar-refractivity contribution in [2.24, 2.45) is 0 Å². The third kappa shape index (κ3) is 4.93. The second-order valence-corrected chi connectivity index (χ2v) is 7.54. The van der Waals surface area contributed by atoms with Gasteiger partial charge in [-0.3, -0.25) is 4.79 Å². The Morgan fingerprint density at radius 2 is 2.03 bits per heavy atom. The van der Waals surface area contributed by atoms with Gasteiger partial charge in [-0.15, -0.1) is 0 Å². The Kier molecular flexibility index (Phi) is 6.20. The zero-order chi connectivity index (χ0) is 20.8. The smallest absolute Gasteiger partial charge is 0.227 e. The fourth-order valence-corrected chi connectivity index (χ4v) is 3.75. The lowest BCUT2D eigenvalue weighted by Gasteiger charge is -2.12. The molecule has 4 aromatic rings. The van der Waals surface area contributed by atoms with Crippen LogP contribution < -0.4 is 10.1 Å². The van der Waals surface area contributed by atoms with E-state index in [-0.39, 0.29) is 12.3 Å². The summed E-state index contributed by atoms with van der Waals surface area (Å²) in [6.45, 7) is 0. The number of nitrogens with one attached hydrogen (secondary N) is 1. The molecule has 7 heteroatoms. The van der Waals surface area contributed by atoms with Crippen molar-refractivity contribution < 1.29 is 14.1 Å². The summed E-state index contributed by atoms with van der Waals surface area (Å²) in [5, 5.41) is 10.8. The van der Waals surface area contributed by atoms with Crippen molar-refractivity contribution in [3.8, 4) is 17.1 Å². The molecular formula is C23H21N3O3S. The van der Waals surface area contributed by atoms with Crippen LogP contribution in [0.3, 0.4) is 0 Å². The molecule has 1 amide bonds. The van der Waals surface area contributed by atoms with Crippen molar-refractivity contribution in [2.75, 3.05) is 12.4 Å². The highest BCUT2D eigenvalue weighted by molar-refractivity contribution is 7.08. The second-order valence-electron chi connectivity index (χ2n) is 6.76. The van der Waals surface area contributed by atoms with Gasteiger partial charge < -0.3 is 14.6 Å². The first-order valence-electron chi connectivity index (χ1n) is 9.57. The molecule has 0 saturated carbocycles. The molecule has 0 spiro atoms. The molecule has 1 N–H and O–H groups in total. The van der Waals surface area contributed by atoms with E-state index in [4.69, 9.17) is 9.26 Å². The Labute approximate surface area is 178 Å². The number of methoxy groups -OCH3 is 1. The summed E-state index contributed by atoms with van der Waals surface area (Å²) < 4.78 is 10.7. The van der Waals surface area contributed by atoms with Crippen LogP contribution in [0.25, 0.3) is 11.4 Å². The van der Waals surface area contributed by atoms with Gasteiger partial charge in [-0.25, -0.2) is 0 Å². The van der Waals surface area contributed by atoms with Crippen molar-refractivity contribution in [3.63, 3.8) is 0 Å². The molecule has 30 heavy (non-hydrogen) atoms. The lowest BCUT2D eigenvalue weighted by atomic mass is 10.0. The van der Waals surface area contributed by atoms with Crippen molar-refractivity contribution >= 4 is 22.9 Å². The quantitative estimate of drug-likeness (QED) is 0.436. The lowest BCUT2D eigenvalue weighted by Crippen LogP contribution is -2.12. The number of carbonyl (C=O) groups is 1. The molecule has 0 bridgehead atoms. The average Bonchev–Trinajstić information content (AvgIpc) is 3.45. The van der Waals surface area contributed by atoms with Gasteiger partial charge in [0.15, 0.2) is 0 Å². The molecule has 0 aliphatic carbocycles.